The molecule has 0 aliphatic heterocycles. The minimum atomic E-state index is -4.15. The number of hydrogen-bond acceptors (Lipinski definition) is 5. The molecule has 0 unspecified atom stereocenters. The number of amides is 1. The molecule has 0 aliphatic carbocycles. The zero-order valence-corrected chi connectivity index (χ0v) is 9.75. The number of nitro groups is 1. The summed E-state index contributed by atoms with van der Waals surface area (Å²) in [4.78, 5) is 20.5. The first-order chi connectivity index (χ1) is 7.85. The summed E-state index contributed by atoms with van der Waals surface area (Å²) < 4.78 is 24.0. The number of sulfonamides is 1. The Morgan fingerprint density at radius 1 is 1.35 bits per heavy atom. The van der Waals surface area contributed by atoms with Gasteiger partial charge in [-0.05, 0) is 12.1 Å². The zero-order valence-electron chi connectivity index (χ0n) is 8.94. The van der Waals surface area contributed by atoms with Gasteiger partial charge < -0.3 is 0 Å². The molecule has 8 heteroatoms. The van der Waals surface area contributed by atoms with Crippen LogP contribution in [0.15, 0.2) is 35.2 Å². The lowest BCUT2D eigenvalue weighted by atomic mass is 10.4. The summed E-state index contributed by atoms with van der Waals surface area (Å²) in [5.74, 6) is -0.898. The van der Waals surface area contributed by atoms with Crippen molar-refractivity contribution in [2.45, 2.75) is 11.8 Å². The number of nitrogens with zero attached hydrogens (tertiary/aromatic N) is 2. The Kier molecular flexibility index (Phi) is 3.79. The van der Waals surface area contributed by atoms with E-state index in [1.165, 1.54) is 24.3 Å². The number of carbonyl (C=O) groups excluding carboxylic acids is 1. The fraction of sp³-hybridized carbons (Fsp3) is 0.222. The van der Waals surface area contributed by atoms with Crippen LogP contribution < -0.4 is 0 Å². The Morgan fingerprint density at radius 3 is 2.29 bits per heavy atom. The monoisotopic (exact) mass is 258 g/mol. The lowest BCUT2D eigenvalue weighted by molar-refractivity contribution is -0.494. The molecular formula is C9H10N2O5S. The first-order valence-electron chi connectivity index (χ1n) is 4.56. The number of rotatable bonds is 4. The molecule has 17 heavy (non-hydrogen) atoms. The van der Waals surface area contributed by atoms with Crippen LogP contribution in [0.4, 0.5) is 0 Å². The third-order valence-corrected chi connectivity index (χ3v) is 3.75. The molecule has 0 atom stereocenters. The normalized spacial score (nSPS) is 10.9. The van der Waals surface area contributed by atoms with Crippen molar-refractivity contribution in [3.05, 3.63) is 40.4 Å². The Hall–Kier alpha value is -1.96. The smallest absolute Gasteiger partial charge is 0.274 e. The molecule has 0 fully saturated rings. The SMILES string of the molecule is CC(=O)N(C[N+](=O)[O-])S(=O)(=O)c1ccccc1. The molecule has 0 aromatic heterocycles. The van der Waals surface area contributed by atoms with Crippen molar-refractivity contribution in [2.24, 2.45) is 0 Å². The Balaban J connectivity index is 3.19. The molecule has 0 N–H and O–H groups in total. The third-order valence-electron chi connectivity index (χ3n) is 1.93. The Morgan fingerprint density at radius 2 is 1.88 bits per heavy atom. The highest BCUT2D eigenvalue weighted by atomic mass is 32.2. The summed E-state index contributed by atoms with van der Waals surface area (Å²) in [5, 5.41) is 10.3. The molecule has 0 radical (unpaired) electrons. The average molecular weight is 258 g/mol. The van der Waals surface area contributed by atoms with E-state index in [9.17, 15) is 23.3 Å². The molecule has 1 aromatic carbocycles. The van der Waals surface area contributed by atoms with Crippen LogP contribution in [0.3, 0.4) is 0 Å². The first kappa shape index (κ1) is 13.1. The van der Waals surface area contributed by atoms with Gasteiger partial charge in [0.1, 0.15) is 0 Å². The quantitative estimate of drug-likeness (QED) is 0.444. The van der Waals surface area contributed by atoms with Crippen molar-refractivity contribution in [3.63, 3.8) is 0 Å². The number of hydrogen-bond donors (Lipinski definition) is 0. The van der Waals surface area contributed by atoms with Gasteiger partial charge in [-0.1, -0.05) is 18.2 Å². The molecular weight excluding hydrogens is 248 g/mol. The van der Waals surface area contributed by atoms with Gasteiger partial charge in [-0.25, -0.2) is 8.42 Å². The van der Waals surface area contributed by atoms with Crippen molar-refractivity contribution in [3.8, 4) is 0 Å². The second-order valence-electron chi connectivity index (χ2n) is 3.16. The largest absolute Gasteiger partial charge is 0.293 e. The molecule has 1 rings (SSSR count). The van der Waals surface area contributed by atoms with Crippen LogP contribution in [0.5, 0.6) is 0 Å². The van der Waals surface area contributed by atoms with Crippen molar-refractivity contribution in [1.82, 2.24) is 4.31 Å². The maximum absolute atomic E-state index is 11.9. The molecule has 7 nitrogen and oxygen atoms in total. The summed E-state index contributed by atoms with van der Waals surface area (Å²) in [6, 6.07) is 7.08. The zero-order chi connectivity index (χ0) is 13.1. The van der Waals surface area contributed by atoms with E-state index in [1.54, 1.807) is 6.07 Å². The van der Waals surface area contributed by atoms with Crippen LogP contribution in [0, 0.1) is 10.1 Å². The summed E-state index contributed by atoms with van der Waals surface area (Å²) in [6.45, 7) is -0.115. The minimum absolute atomic E-state index is 0.156. The highest BCUT2D eigenvalue weighted by Gasteiger charge is 2.30. The van der Waals surface area contributed by atoms with E-state index in [0.29, 0.717) is 0 Å². The van der Waals surface area contributed by atoms with Crippen molar-refractivity contribution in [1.29, 1.82) is 0 Å². The van der Waals surface area contributed by atoms with Crippen molar-refractivity contribution in [2.75, 3.05) is 6.67 Å². The summed E-state index contributed by atoms with van der Waals surface area (Å²) in [6.07, 6.45) is 0. The Labute approximate surface area is 97.9 Å². The summed E-state index contributed by atoms with van der Waals surface area (Å²) >= 11 is 0. The maximum Gasteiger partial charge on any atom is 0.293 e. The standard InChI is InChI=1S/C9H10N2O5S/c1-8(12)10(7-11(13)14)17(15,16)9-5-3-2-4-6-9/h2-6H,7H2,1H3. The van der Waals surface area contributed by atoms with Gasteiger partial charge in [0.05, 0.1) is 4.90 Å². The van der Waals surface area contributed by atoms with E-state index in [4.69, 9.17) is 0 Å². The molecule has 1 amide bonds. The van der Waals surface area contributed by atoms with Crippen LogP contribution in [-0.4, -0.2) is 30.2 Å². The van der Waals surface area contributed by atoms with Crippen molar-refractivity contribution >= 4 is 15.9 Å². The van der Waals surface area contributed by atoms with E-state index in [1.807, 2.05) is 0 Å². The van der Waals surface area contributed by atoms with Crippen LogP contribution in [0.2, 0.25) is 0 Å². The van der Waals surface area contributed by atoms with E-state index >= 15 is 0 Å². The molecule has 0 heterocycles. The van der Waals surface area contributed by atoms with Crippen LogP contribution in [0.1, 0.15) is 6.92 Å². The molecule has 0 saturated heterocycles. The maximum atomic E-state index is 11.9. The van der Waals surface area contributed by atoms with Gasteiger partial charge in [0.15, 0.2) is 0 Å². The molecule has 0 saturated carbocycles. The number of benzene rings is 1. The minimum Gasteiger partial charge on any atom is -0.274 e. The van der Waals surface area contributed by atoms with Gasteiger partial charge in [0, 0.05) is 11.8 Å². The van der Waals surface area contributed by atoms with E-state index < -0.39 is 27.5 Å². The van der Waals surface area contributed by atoms with E-state index in [0.717, 1.165) is 6.92 Å². The second-order valence-corrected chi connectivity index (χ2v) is 5.02. The number of carbonyl (C=O) groups is 1. The average Bonchev–Trinajstić information content (AvgIpc) is 2.26. The fourth-order valence-electron chi connectivity index (χ4n) is 1.17. The van der Waals surface area contributed by atoms with Gasteiger partial charge in [0.2, 0.25) is 5.91 Å². The van der Waals surface area contributed by atoms with Crippen LogP contribution in [0.25, 0.3) is 0 Å². The van der Waals surface area contributed by atoms with Crippen molar-refractivity contribution < 1.29 is 18.1 Å². The predicted octanol–water partition coefficient (Wildman–Crippen LogP) is 0.458. The van der Waals surface area contributed by atoms with Gasteiger partial charge in [-0.2, -0.15) is 4.31 Å². The topological polar surface area (TPSA) is 97.6 Å². The van der Waals surface area contributed by atoms with Gasteiger partial charge >= 0.3 is 0 Å². The molecule has 0 aliphatic rings. The van der Waals surface area contributed by atoms with E-state index in [2.05, 4.69) is 0 Å². The van der Waals surface area contributed by atoms with Gasteiger partial charge in [-0.3, -0.25) is 14.9 Å². The predicted molar refractivity (Wildman–Crippen MR) is 58.0 cm³/mol. The summed E-state index contributed by atoms with van der Waals surface area (Å²) in [5.41, 5.74) is 0. The van der Waals surface area contributed by atoms with Gasteiger partial charge in [-0.15, -0.1) is 0 Å². The highest BCUT2D eigenvalue weighted by molar-refractivity contribution is 7.89. The van der Waals surface area contributed by atoms with Crippen LogP contribution >= 0.6 is 0 Å². The molecule has 1 aromatic rings. The molecule has 0 spiro atoms. The summed E-state index contributed by atoms with van der Waals surface area (Å²) in [7, 11) is -4.15. The van der Waals surface area contributed by atoms with Crippen LogP contribution in [-0.2, 0) is 14.8 Å². The molecule has 92 valence electrons. The first-order valence-corrected chi connectivity index (χ1v) is 6.00. The highest BCUT2D eigenvalue weighted by Crippen LogP contribution is 2.14. The Bertz CT molecular complexity index is 526. The van der Waals surface area contributed by atoms with Gasteiger partial charge in [0.25, 0.3) is 16.7 Å². The second kappa shape index (κ2) is 4.91. The van der Waals surface area contributed by atoms with E-state index in [-0.39, 0.29) is 9.20 Å². The molecule has 0 bridgehead atoms. The lowest BCUT2D eigenvalue weighted by Gasteiger charge is -2.16. The lowest BCUT2D eigenvalue weighted by Crippen LogP contribution is -2.38. The third kappa shape index (κ3) is 3.00. The fourth-order valence-corrected chi connectivity index (χ4v) is 2.51.